The minimum absolute atomic E-state index is 0.399. The van der Waals surface area contributed by atoms with Gasteiger partial charge in [-0.05, 0) is 34.0 Å². The van der Waals surface area contributed by atoms with Crippen LogP contribution in [0.5, 0.6) is 0 Å². The van der Waals surface area contributed by atoms with Gasteiger partial charge in [0.25, 0.3) is 11.7 Å². The van der Waals surface area contributed by atoms with Crippen LogP contribution in [0.25, 0.3) is 0 Å². The first-order valence-corrected chi connectivity index (χ1v) is 7.04. The van der Waals surface area contributed by atoms with Crippen LogP contribution < -0.4 is 4.90 Å². The van der Waals surface area contributed by atoms with Crippen molar-refractivity contribution in [3.8, 4) is 0 Å². The SMILES string of the molecule is CCC(CC)CN1C(=O)C(=O)c2c(Br)cccc21. The Morgan fingerprint density at radius 3 is 2.50 bits per heavy atom. The fourth-order valence-corrected chi connectivity index (χ4v) is 2.82. The molecular formula is C14H16BrNO2. The molecule has 0 spiro atoms. The standard InChI is InChI=1S/C14H16BrNO2/c1-3-9(4-2)8-16-11-7-5-6-10(15)12(11)13(17)14(16)18/h5-7,9H,3-4,8H2,1-2H3. The Labute approximate surface area is 115 Å². The zero-order valence-corrected chi connectivity index (χ0v) is 12.2. The molecular weight excluding hydrogens is 294 g/mol. The Bertz CT molecular complexity index is 495. The number of fused-ring (bicyclic) bond motifs is 1. The molecule has 18 heavy (non-hydrogen) atoms. The van der Waals surface area contributed by atoms with Crippen molar-refractivity contribution in [3.05, 3.63) is 28.2 Å². The number of benzene rings is 1. The smallest absolute Gasteiger partial charge is 0.299 e. The van der Waals surface area contributed by atoms with E-state index < -0.39 is 11.7 Å². The summed E-state index contributed by atoms with van der Waals surface area (Å²) in [5, 5.41) is 0. The van der Waals surface area contributed by atoms with Crippen molar-refractivity contribution >= 4 is 33.3 Å². The zero-order chi connectivity index (χ0) is 13.3. The highest BCUT2D eigenvalue weighted by Gasteiger charge is 2.37. The second kappa shape index (κ2) is 5.22. The molecule has 0 saturated heterocycles. The summed E-state index contributed by atoms with van der Waals surface area (Å²) >= 11 is 3.34. The van der Waals surface area contributed by atoms with Gasteiger partial charge in [0.15, 0.2) is 0 Å². The molecule has 96 valence electrons. The van der Waals surface area contributed by atoms with Crippen molar-refractivity contribution in [2.24, 2.45) is 5.92 Å². The van der Waals surface area contributed by atoms with Gasteiger partial charge >= 0.3 is 0 Å². The number of hydrogen-bond donors (Lipinski definition) is 0. The van der Waals surface area contributed by atoms with Gasteiger partial charge in [0.1, 0.15) is 0 Å². The number of hydrogen-bond acceptors (Lipinski definition) is 2. The predicted molar refractivity (Wildman–Crippen MR) is 74.9 cm³/mol. The fraction of sp³-hybridized carbons (Fsp3) is 0.429. The van der Waals surface area contributed by atoms with Crippen LogP contribution in [-0.4, -0.2) is 18.2 Å². The lowest BCUT2D eigenvalue weighted by atomic mass is 10.0. The molecule has 0 N–H and O–H groups in total. The van der Waals surface area contributed by atoms with Gasteiger partial charge in [-0.1, -0.05) is 32.8 Å². The van der Waals surface area contributed by atoms with Crippen LogP contribution in [0.4, 0.5) is 5.69 Å². The van der Waals surface area contributed by atoms with E-state index in [2.05, 4.69) is 29.8 Å². The van der Waals surface area contributed by atoms with E-state index in [4.69, 9.17) is 0 Å². The molecule has 1 amide bonds. The topological polar surface area (TPSA) is 37.4 Å². The van der Waals surface area contributed by atoms with Crippen molar-refractivity contribution in [3.63, 3.8) is 0 Å². The summed E-state index contributed by atoms with van der Waals surface area (Å²) in [6.07, 6.45) is 2.02. The van der Waals surface area contributed by atoms with Gasteiger partial charge in [0, 0.05) is 11.0 Å². The molecule has 0 aromatic heterocycles. The van der Waals surface area contributed by atoms with E-state index in [1.165, 1.54) is 0 Å². The third kappa shape index (κ3) is 2.09. The lowest BCUT2D eigenvalue weighted by molar-refractivity contribution is -0.114. The maximum absolute atomic E-state index is 12.0. The lowest BCUT2D eigenvalue weighted by Crippen LogP contribution is -2.34. The molecule has 4 heteroatoms. The monoisotopic (exact) mass is 309 g/mol. The summed E-state index contributed by atoms with van der Waals surface area (Å²) in [6, 6.07) is 5.49. The van der Waals surface area contributed by atoms with Crippen LogP contribution in [0.1, 0.15) is 37.0 Å². The van der Waals surface area contributed by atoms with Gasteiger partial charge in [-0.2, -0.15) is 0 Å². The Kier molecular flexibility index (Phi) is 3.85. The van der Waals surface area contributed by atoms with E-state index in [9.17, 15) is 9.59 Å². The van der Waals surface area contributed by atoms with Crippen molar-refractivity contribution in [2.45, 2.75) is 26.7 Å². The molecule has 3 nitrogen and oxygen atoms in total. The summed E-state index contributed by atoms with van der Waals surface area (Å²) in [7, 11) is 0. The molecule has 2 rings (SSSR count). The maximum Gasteiger partial charge on any atom is 0.299 e. The molecule has 0 radical (unpaired) electrons. The number of carbonyl (C=O) groups excluding carboxylic acids is 2. The summed E-state index contributed by atoms with van der Waals surface area (Å²) in [5.41, 5.74) is 1.25. The van der Waals surface area contributed by atoms with Crippen LogP contribution in [0.15, 0.2) is 22.7 Å². The van der Waals surface area contributed by atoms with Crippen LogP contribution >= 0.6 is 15.9 Å². The van der Waals surface area contributed by atoms with E-state index in [1.54, 1.807) is 11.0 Å². The summed E-state index contributed by atoms with van der Waals surface area (Å²) in [6.45, 7) is 4.84. The maximum atomic E-state index is 12.0. The van der Waals surface area contributed by atoms with E-state index in [0.717, 1.165) is 18.5 Å². The molecule has 0 aliphatic carbocycles. The second-order valence-electron chi connectivity index (χ2n) is 4.56. The number of halogens is 1. The minimum atomic E-state index is -0.400. The molecule has 1 aromatic carbocycles. The predicted octanol–water partition coefficient (Wildman–Crippen LogP) is 3.41. The van der Waals surface area contributed by atoms with Gasteiger partial charge in [0.2, 0.25) is 0 Å². The van der Waals surface area contributed by atoms with Gasteiger partial charge in [-0.25, -0.2) is 0 Å². The largest absolute Gasteiger partial charge is 0.304 e. The number of carbonyl (C=O) groups is 2. The first kappa shape index (κ1) is 13.3. The van der Waals surface area contributed by atoms with E-state index >= 15 is 0 Å². The molecule has 1 aliphatic heterocycles. The van der Waals surface area contributed by atoms with E-state index in [1.807, 2.05) is 12.1 Å². The Balaban J connectivity index is 2.37. The summed E-state index contributed by atoms with van der Waals surface area (Å²) < 4.78 is 0.699. The van der Waals surface area contributed by atoms with Crippen molar-refractivity contribution in [1.82, 2.24) is 0 Å². The average molecular weight is 310 g/mol. The highest BCUT2D eigenvalue weighted by atomic mass is 79.9. The Hall–Kier alpha value is -1.16. The van der Waals surface area contributed by atoms with Crippen molar-refractivity contribution in [1.29, 1.82) is 0 Å². The number of Topliss-reactive ketones (excluding diaryl/α,β-unsaturated/α-hetero) is 1. The van der Waals surface area contributed by atoms with Gasteiger partial charge < -0.3 is 4.90 Å². The normalized spacial score (nSPS) is 14.6. The molecule has 0 fully saturated rings. The van der Waals surface area contributed by atoms with E-state index in [-0.39, 0.29) is 0 Å². The summed E-state index contributed by atoms with van der Waals surface area (Å²) in [5.74, 6) is -0.362. The van der Waals surface area contributed by atoms with Gasteiger partial charge in [-0.3, -0.25) is 9.59 Å². The summed E-state index contributed by atoms with van der Waals surface area (Å²) in [4.78, 5) is 25.6. The van der Waals surface area contributed by atoms with Gasteiger partial charge in [-0.15, -0.1) is 0 Å². The number of rotatable bonds is 4. The molecule has 1 aliphatic rings. The quantitative estimate of drug-likeness (QED) is 0.799. The zero-order valence-electron chi connectivity index (χ0n) is 10.6. The Morgan fingerprint density at radius 1 is 1.22 bits per heavy atom. The van der Waals surface area contributed by atoms with E-state index in [0.29, 0.717) is 22.5 Å². The third-order valence-corrected chi connectivity index (χ3v) is 4.21. The van der Waals surface area contributed by atoms with Crippen molar-refractivity contribution < 1.29 is 9.59 Å². The second-order valence-corrected chi connectivity index (χ2v) is 5.42. The van der Waals surface area contributed by atoms with Crippen LogP contribution in [0.3, 0.4) is 0 Å². The van der Waals surface area contributed by atoms with Gasteiger partial charge in [0.05, 0.1) is 11.3 Å². The van der Waals surface area contributed by atoms with Crippen molar-refractivity contribution in [2.75, 3.05) is 11.4 Å². The number of ketones is 1. The van der Waals surface area contributed by atoms with Crippen LogP contribution in [0, 0.1) is 5.92 Å². The number of nitrogens with zero attached hydrogens (tertiary/aromatic N) is 1. The highest BCUT2D eigenvalue weighted by molar-refractivity contribution is 9.10. The molecule has 0 atom stereocenters. The molecule has 0 saturated carbocycles. The Morgan fingerprint density at radius 2 is 1.89 bits per heavy atom. The fourth-order valence-electron chi connectivity index (χ4n) is 2.29. The first-order chi connectivity index (χ1) is 8.60. The third-order valence-electron chi connectivity index (χ3n) is 3.54. The number of anilines is 1. The number of amides is 1. The molecule has 1 heterocycles. The molecule has 0 bridgehead atoms. The first-order valence-electron chi connectivity index (χ1n) is 6.24. The molecule has 1 aromatic rings. The lowest BCUT2D eigenvalue weighted by Gasteiger charge is -2.22. The average Bonchev–Trinajstić information content (AvgIpc) is 2.61. The van der Waals surface area contributed by atoms with Crippen LogP contribution in [0.2, 0.25) is 0 Å². The minimum Gasteiger partial charge on any atom is -0.304 e. The highest BCUT2D eigenvalue weighted by Crippen LogP contribution is 2.35. The van der Waals surface area contributed by atoms with Crippen LogP contribution in [-0.2, 0) is 4.79 Å². The molecule has 0 unspecified atom stereocenters.